The second-order valence-corrected chi connectivity index (χ2v) is 6.13. The summed E-state index contributed by atoms with van der Waals surface area (Å²) in [4.78, 5) is 11.6. The number of para-hydroxylation sites is 1. The topological polar surface area (TPSA) is 49.3 Å². The number of carbonyl (C=O) groups is 1. The van der Waals surface area contributed by atoms with E-state index in [9.17, 15) is 9.90 Å². The third-order valence-electron chi connectivity index (χ3n) is 2.89. The zero-order valence-electron chi connectivity index (χ0n) is 10.7. The maximum Gasteiger partial charge on any atom is 0.330 e. The number of rotatable bonds is 4. The standard InChI is InChI=1S/C15H13Br2NO2/c1-9-6-7-10(12(17)8-9)14(15(19)20)18-13-5-3-2-4-11(13)16/h2-8,14,18H,1H3,(H,19,20). The first-order chi connectivity index (χ1) is 9.49. The third-order valence-corrected chi connectivity index (χ3v) is 4.27. The van der Waals surface area contributed by atoms with E-state index in [1.165, 1.54) is 0 Å². The molecule has 2 aromatic rings. The third kappa shape index (κ3) is 3.41. The average Bonchev–Trinajstić information content (AvgIpc) is 2.38. The second kappa shape index (κ2) is 6.41. The molecule has 0 amide bonds. The molecule has 0 aromatic heterocycles. The fourth-order valence-electron chi connectivity index (χ4n) is 1.87. The fourth-order valence-corrected chi connectivity index (χ4v) is 2.99. The molecular formula is C15H13Br2NO2. The number of halogens is 2. The van der Waals surface area contributed by atoms with E-state index in [-0.39, 0.29) is 0 Å². The molecule has 0 saturated heterocycles. The van der Waals surface area contributed by atoms with E-state index in [0.29, 0.717) is 5.56 Å². The summed E-state index contributed by atoms with van der Waals surface area (Å²) >= 11 is 6.84. The summed E-state index contributed by atoms with van der Waals surface area (Å²) in [7, 11) is 0. The van der Waals surface area contributed by atoms with Crippen molar-refractivity contribution in [1.29, 1.82) is 0 Å². The Morgan fingerprint density at radius 1 is 1.15 bits per heavy atom. The van der Waals surface area contributed by atoms with Crippen LogP contribution in [0.5, 0.6) is 0 Å². The molecule has 2 aromatic carbocycles. The normalized spacial score (nSPS) is 11.9. The summed E-state index contributed by atoms with van der Waals surface area (Å²) in [5, 5.41) is 12.5. The van der Waals surface area contributed by atoms with Crippen molar-refractivity contribution >= 4 is 43.5 Å². The van der Waals surface area contributed by atoms with E-state index in [2.05, 4.69) is 37.2 Å². The van der Waals surface area contributed by atoms with Crippen molar-refractivity contribution in [1.82, 2.24) is 0 Å². The number of nitrogens with one attached hydrogen (secondary N) is 1. The van der Waals surface area contributed by atoms with Crippen LogP contribution in [0.2, 0.25) is 0 Å². The van der Waals surface area contributed by atoms with E-state index in [4.69, 9.17) is 0 Å². The van der Waals surface area contributed by atoms with Crippen molar-refractivity contribution in [2.24, 2.45) is 0 Å². The van der Waals surface area contributed by atoms with Crippen LogP contribution < -0.4 is 5.32 Å². The van der Waals surface area contributed by atoms with Crippen molar-refractivity contribution in [3.63, 3.8) is 0 Å². The number of aliphatic carboxylic acids is 1. The van der Waals surface area contributed by atoms with Crippen LogP contribution in [-0.4, -0.2) is 11.1 Å². The number of hydrogen-bond acceptors (Lipinski definition) is 2. The maximum absolute atomic E-state index is 11.6. The zero-order valence-corrected chi connectivity index (χ0v) is 13.9. The first-order valence-electron chi connectivity index (χ1n) is 5.99. The Morgan fingerprint density at radius 2 is 1.85 bits per heavy atom. The molecule has 2 rings (SSSR count). The summed E-state index contributed by atoms with van der Waals surface area (Å²) in [5.41, 5.74) is 2.51. The van der Waals surface area contributed by atoms with Crippen LogP contribution in [0.4, 0.5) is 5.69 Å². The Balaban J connectivity index is 2.37. The zero-order chi connectivity index (χ0) is 14.7. The van der Waals surface area contributed by atoms with Gasteiger partial charge in [-0.1, -0.05) is 40.2 Å². The SMILES string of the molecule is Cc1ccc(C(Nc2ccccc2Br)C(=O)O)c(Br)c1. The van der Waals surface area contributed by atoms with E-state index in [0.717, 1.165) is 20.2 Å². The summed E-state index contributed by atoms with van der Waals surface area (Å²) in [5.74, 6) is -0.926. The Kier molecular flexibility index (Phi) is 4.83. The molecule has 0 fully saturated rings. The lowest BCUT2D eigenvalue weighted by Gasteiger charge is -2.18. The van der Waals surface area contributed by atoms with Gasteiger partial charge in [0.05, 0.1) is 0 Å². The lowest BCUT2D eigenvalue weighted by molar-refractivity contribution is -0.138. The molecule has 1 atom stereocenters. The van der Waals surface area contributed by atoms with Gasteiger partial charge < -0.3 is 10.4 Å². The van der Waals surface area contributed by atoms with Crippen molar-refractivity contribution in [3.8, 4) is 0 Å². The van der Waals surface area contributed by atoms with Crippen LogP contribution in [0.3, 0.4) is 0 Å². The molecular weight excluding hydrogens is 386 g/mol. The van der Waals surface area contributed by atoms with E-state index < -0.39 is 12.0 Å². The second-order valence-electron chi connectivity index (χ2n) is 4.42. The Hall–Kier alpha value is -1.33. The molecule has 3 nitrogen and oxygen atoms in total. The molecule has 0 bridgehead atoms. The molecule has 0 spiro atoms. The minimum Gasteiger partial charge on any atom is -0.479 e. The van der Waals surface area contributed by atoms with Crippen molar-refractivity contribution in [2.45, 2.75) is 13.0 Å². The van der Waals surface area contributed by atoms with Crippen LogP contribution in [0.15, 0.2) is 51.4 Å². The number of carboxylic acid groups (broad SMARTS) is 1. The van der Waals surface area contributed by atoms with E-state index in [1.54, 1.807) is 0 Å². The van der Waals surface area contributed by atoms with Gasteiger partial charge in [0.25, 0.3) is 0 Å². The summed E-state index contributed by atoms with van der Waals surface area (Å²) in [6.45, 7) is 1.96. The van der Waals surface area contributed by atoms with Gasteiger partial charge in [-0.15, -0.1) is 0 Å². The molecule has 1 unspecified atom stereocenters. The van der Waals surface area contributed by atoms with Gasteiger partial charge in [0.1, 0.15) is 0 Å². The summed E-state index contributed by atoms with van der Waals surface area (Å²) in [6, 6.07) is 12.3. The van der Waals surface area contributed by atoms with Crippen LogP contribution in [0, 0.1) is 6.92 Å². The predicted molar refractivity (Wildman–Crippen MR) is 87.0 cm³/mol. The molecule has 104 valence electrons. The smallest absolute Gasteiger partial charge is 0.330 e. The largest absolute Gasteiger partial charge is 0.479 e. The lowest BCUT2D eigenvalue weighted by atomic mass is 10.0. The average molecular weight is 399 g/mol. The Bertz CT molecular complexity index is 644. The predicted octanol–water partition coefficient (Wildman–Crippen LogP) is 4.76. The summed E-state index contributed by atoms with van der Waals surface area (Å²) < 4.78 is 1.61. The van der Waals surface area contributed by atoms with Crippen LogP contribution in [-0.2, 0) is 4.79 Å². The highest BCUT2D eigenvalue weighted by Crippen LogP contribution is 2.30. The molecule has 0 aliphatic carbocycles. The number of hydrogen-bond donors (Lipinski definition) is 2. The number of aryl methyl sites for hydroxylation is 1. The highest BCUT2D eigenvalue weighted by Gasteiger charge is 2.22. The van der Waals surface area contributed by atoms with Crippen molar-refractivity contribution < 1.29 is 9.90 Å². The van der Waals surface area contributed by atoms with Crippen LogP contribution in [0.25, 0.3) is 0 Å². The number of anilines is 1. The Morgan fingerprint density at radius 3 is 2.45 bits per heavy atom. The van der Waals surface area contributed by atoms with Gasteiger partial charge >= 0.3 is 5.97 Å². The molecule has 5 heteroatoms. The van der Waals surface area contributed by atoms with Gasteiger partial charge in [0.2, 0.25) is 0 Å². The van der Waals surface area contributed by atoms with Gasteiger partial charge in [-0.25, -0.2) is 4.79 Å². The highest BCUT2D eigenvalue weighted by molar-refractivity contribution is 9.11. The van der Waals surface area contributed by atoms with Crippen LogP contribution in [0.1, 0.15) is 17.2 Å². The van der Waals surface area contributed by atoms with Gasteiger partial charge in [0.15, 0.2) is 6.04 Å². The maximum atomic E-state index is 11.6. The molecule has 0 radical (unpaired) electrons. The fraction of sp³-hybridized carbons (Fsp3) is 0.133. The first-order valence-corrected chi connectivity index (χ1v) is 7.57. The monoisotopic (exact) mass is 397 g/mol. The van der Waals surface area contributed by atoms with E-state index in [1.807, 2.05) is 49.4 Å². The van der Waals surface area contributed by atoms with Crippen LogP contribution >= 0.6 is 31.9 Å². The van der Waals surface area contributed by atoms with Gasteiger partial charge in [0, 0.05) is 14.6 Å². The molecule has 20 heavy (non-hydrogen) atoms. The molecule has 2 N–H and O–H groups in total. The quantitative estimate of drug-likeness (QED) is 0.780. The number of benzene rings is 2. The number of carboxylic acids is 1. The molecule has 0 aliphatic rings. The van der Waals surface area contributed by atoms with Gasteiger partial charge in [-0.05, 0) is 52.2 Å². The van der Waals surface area contributed by atoms with Gasteiger partial charge in [-0.2, -0.15) is 0 Å². The molecule has 0 aliphatic heterocycles. The molecule has 0 saturated carbocycles. The Labute approximate surface area is 134 Å². The van der Waals surface area contributed by atoms with Crippen molar-refractivity contribution in [3.05, 3.63) is 62.5 Å². The summed E-state index contributed by atoms with van der Waals surface area (Å²) in [6.07, 6.45) is 0. The molecule has 0 heterocycles. The minimum absolute atomic E-state index is 0.693. The van der Waals surface area contributed by atoms with E-state index >= 15 is 0 Å². The first kappa shape index (κ1) is 15.1. The van der Waals surface area contributed by atoms with Crippen molar-refractivity contribution in [2.75, 3.05) is 5.32 Å². The highest BCUT2D eigenvalue weighted by atomic mass is 79.9. The minimum atomic E-state index is -0.926. The van der Waals surface area contributed by atoms with Gasteiger partial charge in [-0.3, -0.25) is 0 Å². The lowest BCUT2D eigenvalue weighted by Crippen LogP contribution is -2.21.